The Morgan fingerprint density at radius 3 is 2.61 bits per heavy atom. The molecule has 7 nitrogen and oxygen atoms in total. The van der Waals surface area contributed by atoms with Gasteiger partial charge in [0.1, 0.15) is 17.3 Å². The van der Waals surface area contributed by atoms with E-state index in [4.69, 9.17) is 14.5 Å². The van der Waals surface area contributed by atoms with Crippen LogP contribution in [0.2, 0.25) is 0 Å². The van der Waals surface area contributed by atoms with E-state index in [-0.39, 0.29) is 24.0 Å². The Hall–Kier alpha value is -2.75. The first-order valence-corrected chi connectivity index (χ1v) is 10.9. The highest BCUT2D eigenvalue weighted by Crippen LogP contribution is 2.25. The first kappa shape index (κ1) is 26.5. The number of benzene rings is 2. The topological polar surface area (TPSA) is 63.9 Å². The number of methoxy groups -OCH3 is 2. The van der Waals surface area contributed by atoms with Gasteiger partial charge in [0, 0.05) is 63.7 Å². The van der Waals surface area contributed by atoms with Gasteiger partial charge in [0.25, 0.3) is 0 Å². The third kappa shape index (κ3) is 7.66. The molecular formula is C25H34IN5O2. The molecule has 0 saturated carbocycles. The van der Waals surface area contributed by atoms with Gasteiger partial charge in [0.2, 0.25) is 0 Å². The summed E-state index contributed by atoms with van der Waals surface area (Å²) in [5.41, 5.74) is 2.33. The lowest BCUT2D eigenvalue weighted by atomic mass is 10.2. The van der Waals surface area contributed by atoms with Crippen molar-refractivity contribution in [2.24, 2.45) is 4.99 Å². The van der Waals surface area contributed by atoms with Gasteiger partial charge in [0.05, 0.1) is 14.2 Å². The molecule has 2 aromatic carbocycles. The maximum Gasteiger partial charge on any atom is 0.193 e. The van der Waals surface area contributed by atoms with Crippen molar-refractivity contribution in [3.05, 3.63) is 77.9 Å². The Morgan fingerprint density at radius 1 is 1.12 bits per heavy atom. The number of imidazole rings is 1. The van der Waals surface area contributed by atoms with Crippen molar-refractivity contribution in [2.75, 3.05) is 34.4 Å². The van der Waals surface area contributed by atoms with Gasteiger partial charge < -0.3 is 24.3 Å². The summed E-state index contributed by atoms with van der Waals surface area (Å²) in [6.45, 7) is 5.01. The first-order valence-electron chi connectivity index (χ1n) is 10.9. The van der Waals surface area contributed by atoms with Crippen LogP contribution in [0.1, 0.15) is 23.9 Å². The van der Waals surface area contributed by atoms with Gasteiger partial charge in [-0.25, -0.2) is 4.98 Å². The summed E-state index contributed by atoms with van der Waals surface area (Å²) < 4.78 is 13.0. The third-order valence-corrected chi connectivity index (χ3v) is 5.19. The molecule has 1 N–H and O–H groups in total. The van der Waals surface area contributed by atoms with Crippen LogP contribution in [-0.2, 0) is 19.5 Å². The van der Waals surface area contributed by atoms with Gasteiger partial charge in [-0.3, -0.25) is 4.99 Å². The normalized spacial score (nSPS) is 11.0. The molecule has 0 aliphatic rings. The van der Waals surface area contributed by atoms with Crippen LogP contribution in [0.4, 0.5) is 0 Å². The van der Waals surface area contributed by atoms with E-state index in [9.17, 15) is 0 Å². The average molecular weight is 563 g/mol. The molecule has 1 aromatic heterocycles. The molecule has 3 aromatic rings. The molecule has 1 heterocycles. The summed E-state index contributed by atoms with van der Waals surface area (Å²) in [7, 11) is 5.36. The van der Waals surface area contributed by atoms with E-state index in [0.717, 1.165) is 48.4 Å². The maximum atomic E-state index is 5.54. The van der Waals surface area contributed by atoms with E-state index in [0.29, 0.717) is 13.1 Å². The summed E-state index contributed by atoms with van der Waals surface area (Å²) >= 11 is 0. The van der Waals surface area contributed by atoms with Crippen molar-refractivity contribution in [2.45, 2.75) is 26.4 Å². The monoisotopic (exact) mass is 563 g/mol. The number of halogens is 1. The standard InChI is InChI=1S/C25H33N5O2.HI/c1-5-26-25(29(2)19-21-11-12-22(31-3)17-23(21)32-4)28-14-13-24-27-15-16-30(24)18-20-9-7-6-8-10-20;/h6-12,15-17H,5,13-14,18-19H2,1-4H3,(H,26,28);1H. The van der Waals surface area contributed by atoms with Crippen molar-refractivity contribution in [3.63, 3.8) is 0 Å². The quantitative estimate of drug-likeness (QED) is 0.228. The van der Waals surface area contributed by atoms with Crippen molar-refractivity contribution in [3.8, 4) is 11.5 Å². The number of nitrogens with zero attached hydrogens (tertiary/aromatic N) is 4. The third-order valence-electron chi connectivity index (χ3n) is 5.19. The molecule has 0 aliphatic carbocycles. The number of hydrogen-bond donors (Lipinski definition) is 1. The first-order chi connectivity index (χ1) is 15.6. The Bertz CT molecular complexity index is 1010. The molecule has 0 fully saturated rings. The predicted molar refractivity (Wildman–Crippen MR) is 144 cm³/mol. The van der Waals surface area contributed by atoms with Gasteiger partial charge in [-0.15, -0.1) is 24.0 Å². The molecule has 3 rings (SSSR count). The number of ether oxygens (including phenoxy) is 2. The van der Waals surface area contributed by atoms with E-state index < -0.39 is 0 Å². The van der Waals surface area contributed by atoms with Crippen LogP contribution >= 0.6 is 24.0 Å². The molecule has 0 bridgehead atoms. The summed E-state index contributed by atoms with van der Waals surface area (Å²) in [6, 6.07) is 16.3. The van der Waals surface area contributed by atoms with Crippen LogP contribution in [0.3, 0.4) is 0 Å². The second-order valence-electron chi connectivity index (χ2n) is 7.48. The molecule has 178 valence electrons. The highest BCUT2D eigenvalue weighted by atomic mass is 127. The number of aliphatic imine (C=N–C) groups is 1. The predicted octanol–water partition coefficient (Wildman–Crippen LogP) is 4.21. The molecule has 0 unspecified atom stereocenters. The Kier molecular flexibility index (Phi) is 11.0. The molecular weight excluding hydrogens is 529 g/mol. The largest absolute Gasteiger partial charge is 0.497 e. The summed E-state index contributed by atoms with van der Waals surface area (Å²) in [5, 5.41) is 3.38. The molecule has 0 atom stereocenters. The van der Waals surface area contributed by atoms with Crippen molar-refractivity contribution in [1.82, 2.24) is 19.8 Å². The number of hydrogen-bond acceptors (Lipinski definition) is 4. The van der Waals surface area contributed by atoms with Crippen LogP contribution in [0.15, 0.2) is 65.9 Å². The Labute approximate surface area is 213 Å². The highest BCUT2D eigenvalue weighted by Gasteiger charge is 2.12. The number of guanidine groups is 1. The minimum atomic E-state index is 0. The lowest BCUT2D eigenvalue weighted by molar-refractivity contribution is 0.382. The lowest BCUT2D eigenvalue weighted by Crippen LogP contribution is -2.38. The summed E-state index contributed by atoms with van der Waals surface area (Å²) in [6.07, 6.45) is 4.66. The number of nitrogens with one attached hydrogen (secondary N) is 1. The SMILES string of the molecule is CCNC(=NCCc1nccn1Cc1ccccc1)N(C)Cc1ccc(OC)cc1OC.I. The van der Waals surface area contributed by atoms with Crippen molar-refractivity contribution < 1.29 is 9.47 Å². The molecule has 33 heavy (non-hydrogen) atoms. The van der Waals surface area contributed by atoms with Crippen LogP contribution in [0.25, 0.3) is 0 Å². The Morgan fingerprint density at radius 2 is 1.91 bits per heavy atom. The van der Waals surface area contributed by atoms with Gasteiger partial charge >= 0.3 is 0 Å². The minimum absolute atomic E-state index is 0. The van der Waals surface area contributed by atoms with Crippen LogP contribution in [-0.4, -0.2) is 54.8 Å². The fraction of sp³-hybridized carbons (Fsp3) is 0.360. The zero-order chi connectivity index (χ0) is 22.8. The van der Waals surface area contributed by atoms with E-state index in [1.165, 1.54) is 5.56 Å². The fourth-order valence-corrected chi connectivity index (χ4v) is 3.54. The zero-order valence-electron chi connectivity index (χ0n) is 19.8. The van der Waals surface area contributed by atoms with E-state index in [1.807, 2.05) is 43.7 Å². The molecule has 0 radical (unpaired) electrons. The molecule has 0 spiro atoms. The van der Waals surface area contributed by atoms with Crippen LogP contribution < -0.4 is 14.8 Å². The number of rotatable bonds is 10. The second-order valence-corrected chi connectivity index (χ2v) is 7.48. The zero-order valence-corrected chi connectivity index (χ0v) is 22.2. The highest BCUT2D eigenvalue weighted by molar-refractivity contribution is 14.0. The summed E-state index contributed by atoms with van der Waals surface area (Å²) in [4.78, 5) is 11.5. The van der Waals surface area contributed by atoms with Gasteiger partial charge in [0.15, 0.2) is 5.96 Å². The van der Waals surface area contributed by atoms with Crippen molar-refractivity contribution >= 4 is 29.9 Å². The van der Waals surface area contributed by atoms with Crippen LogP contribution in [0, 0.1) is 0 Å². The number of aromatic nitrogens is 2. The summed E-state index contributed by atoms with van der Waals surface area (Å²) in [5.74, 6) is 3.47. The van der Waals surface area contributed by atoms with E-state index in [1.54, 1.807) is 14.2 Å². The lowest BCUT2D eigenvalue weighted by Gasteiger charge is -2.23. The van der Waals surface area contributed by atoms with Crippen molar-refractivity contribution in [1.29, 1.82) is 0 Å². The smallest absolute Gasteiger partial charge is 0.193 e. The molecule has 0 saturated heterocycles. The van der Waals surface area contributed by atoms with Gasteiger partial charge in [-0.2, -0.15) is 0 Å². The molecule has 8 heteroatoms. The maximum absolute atomic E-state index is 5.54. The van der Waals surface area contributed by atoms with E-state index in [2.05, 4.69) is 51.0 Å². The minimum Gasteiger partial charge on any atom is -0.497 e. The molecule has 0 amide bonds. The second kappa shape index (κ2) is 13.7. The molecule has 0 aliphatic heterocycles. The Balaban J connectivity index is 0.00000385. The van der Waals surface area contributed by atoms with E-state index >= 15 is 0 Å². The van der Waals surface area contributed by atoms with Crippen LogP contribution in [0.5, 0.6) is 11.5 Å². The average Bonchev–Trinajstić information content (AvgIpc) is 3.26. The van der Waals surface area contributed by atoms with Gasteiger partial charge in [-0.1, -0.05) is 30.3 Å². The van der Waals surface area contributed by atoms with Gasteiger partial charge in [-0.05, 0) is 24.6 Å². The fourth-order valence-electron chi connectivity index (χ4n) is 3.54.